The number of nitrogen functional groups attached to an aromatic ring is 1. The van der Waals surface area contributed by atoms with E-state index in [4.69, 9.17) is 5.73 Å². The number of hydrogen-bond donors (Lipinski definition) is 1. The summed E-state index contributed by atoms with van der Waals surface area (Å²) in [5.41, 5.74) is 5.14. The summed E-state index contributed by atoms with van der Waals surface area (Å²) < 4.78 is 2.49. The fourth-order valence-corrected chi connectivity index (χ4v) is 1.86. The van der Waals surface area contributed by atoms with Crippen molar-refractivity contribution in [3.63, 3.8) is 0 Å². The molecule has 7 nitrogen and oxygen atoms in total. The molecule has 2 heterocycles. The minimum atomic E-state index is -0.465. The maximum Gasteiger partial charge on any atom is 0.332 e. The van der Waals surface area contributed by atoms with Crippen LogP contribution >= 0.6 is 0 Å². The molecule has 7 heteroatoms. The van der Waals surface area contributed by atoms with Gasteiger partial charge in [0.25, 0.3) is 5.56 Å². The van der Waals surface area contributed by atoms with Crippen molar-refractivity contribution in [1.82, 2.24) is 19.1 Å². The minimum absolute atomic E-state index is 0.0955. The van der Waals surface area contributed by atoms with Gasteiger partial charge in [-0.3, -0.25) is 13.9 Å². The Balaban J connectivity index is 2.98. The van der Waals surface area contributed by atoms with Gasteiger partial charge in [0.2, 0.25) is 0 Å². The Labute approximate surface area is 103 Å². The maximum atomic E-state index is 12.1. The van der Waals surface area contributed by atoms with Crippen LogP contribution in [0.1, 0.15) is 13.8 Å². The molecule has 0 spiro atoms. The van der Waals surface area contributed by atoms with Crippen molar-refractivity contribution in [1.29, 1.82) is 0 Å². The van der Waals surface area contributed by atoms with E-state index < -0.39 is 5.56 Å². The Morgan fingerprint density at radius 1 is 1.33 bits per heavy atom. The van der Waals surface area contributed by atoms with E-state index in [0.717, 1.165) is 4.57 Å². The van der Waals surface area contributed by atoms with E-state index in [1.165, 1.54) is 17.9 Å². The molecule has 2 aromatic heterocycles. The van der Waals surface area contributed by atoms with Crippen LogP contribution in [0.15, 0.2) is 15.9 Å². The van der Waals surface area contributed by atoms with E-state index in [2.05, 4.69) is 9.97 Å². The molecule has 0 aliphatic heterocycles. The molecule has 18 heavy (non-hydrogen) atoms. The standard InChI is InChI=1S/C11H15N5O2/c1-6(2)4-16-9-7(8(12)13-5-14-9)10(17)15(3)11(16)18/h5-6H,4H2,1-3H3,(H2,12,13,14). The number of nitrogens with zero attached hydrogens (tertiary/aromatic N) is 4. The summed E-state index contributed by atoms with van der Waals surface area (Å²) in [6.07, 6.45) is 1.26. The first-order valence-electron chi connectivity index (χ1n) is 5.63. The van der Waals surface area contributed by atoms with Crippen LogP contribution in [0.2, 0.25) is 0 Å². The van der Waals surface area contributed by atoms with E-state index >= 15 is 0 Å². The van der Waals surface area contributed by atoms with Crippen LogP contribution in [-0.4, -0.2) is 19.1 Å². The Hall–Kier alpha value is -2.18. The van der Waals surface area contributed by atoms with Crippen LogP contribution in [0.3, 0.4) is 0 Å². The molecule has 0 saturated carbocycles. The van der Waals surface area contributed by atoms with Gasteiger partial charge in [-0.15, -0.1) is 0 Å². The monoisotopic (exact) mass is 249 g/mol. The van der Waals surface area contributed by atoms with Crippen molar-refractivity contribution in [2.75, 3.05) is 5.73 Å². The molecule has 0 bridgehead atoms. The molecule has 2 aromatic rings. The lowest BCUT2D eigenvalue weighted by molar-refractivity contribution is 0.499. The van der Waals surface area contributed by atoms with E-state index in [-0.39, 0.29) is 22.8 Å². The van der Waals surface area contributed by atoms with Gasteiger partial charge in [0.1, 0.15) is 17.5 Å². The average Bonchev–Trinajstić information content (AvgIpc) is 2.31. The summed E-state index contributed by atoms with van der Waals surface area (Å²) in [6.45, 7) is 4.43. The Morgan fingerprint density at radius 2 is 2.00 bits per heavy atom. The zero-order valence-electron chi connectivity index (χ0n) is 10.5. The van der Waals surface area contributed by atoms with E-state index in [9.17, 15) is 9.59 Å². The van der Waals surface area contributed by atoms with Crippen LogP contribution in [0.5, 0.6) is 0 Å². The average molecular weight is 249 g/mol. The van der Waals surface area contributed by atoms with Crippen molar-refractivity contribution in [3.05, 3.63) is 27.2 Å². The molecule has 2 N–H and O–H groups in total. The molecule has 0 radical (unpaired) electrons. The third-order valence-electron chi connectivity index (χ3n) is 2.70. The topological polar surface area (TPSA) is 95.8 Å². The molecular formula is C11H15N5O2. The highest BCUT2D eigenvalue weighted by molar-refractivity contribution is 5.84. The summed E-state index contributed by atoms with van der Waals surface area (Å²) in [6, 6.07) is 0. The van der Waals surface area contributed by atoms with Crippen molar-refractivity contribution >= 4 is 16.9 Å². The van der Waals surface area contributed by atoms with Crippen LogP contribution in [0, 0.1) is 5.92 Å². The molecule has 0 unspecified atom stereocenters. The first-order valence-corrected chi connectivity index (χ1v) is 5.63. The highest BCUT2D eigenvalue weighted by Crippen LogP contribution is 2.11. The predicted octanol–water partition coefficient (Wildman–Crippen LogP) is -0.272. The summed E-state index contributed by atoms with van der Waals surface area (Å²) in [4.78, 5) is 31.9. The molecule has 0 saturated heterocycles. The Morgan fingerprint density at radius 3 is 2.61 bits per heavy atom. The minimum Gasteiger partial charge on any atom is -0.383 e. The van der Waals surface area contributed by atoms with E-state index in [1.807, 2.05) is 13.8 Å². The summed E-state index contributed by atoms with van der Waals surface area (Å²) in [7, 11) is 1.42. The number of nitrogens with two attached hydrogens (primary N) is 1. The van der Waals surface area contributed by atoms with Crippen LogP contribution in [0.25, 0.3) is 11.0 Å². The number of fused-ring (bicyclic) bond motifs is 1. The number of hydrogen-bond acceptors (Lipinski definition) is 5. The zero-order valence-corrected chi connectivity index (χ0v) is 10.5. The molecule has 0 amide bonds. The zero-order chi connectivity index (χ0) is 13.4. The van der Waals surface area contributed by atoms with E-state index in [1.54, 1.807) is 0 Å². The van der Waals surface area contributed by atoms with Crippen molar-refractivity contribution in [3.8, 4) is 0 Å². The van der Waals surface area contributed by atoms with Crippen LogP contribution in [0.4, 0.5) is 5.82 Å². The largest absolute Gasteiger partial charge is 0.383 e. The molecule has 0 atom stereocenters. The smallest absolute Gasteiger partial charge is 0.332 e. The lowest BCUT2D eigenvalue weighted by atomic mass is 10.2. The second-order valence-corrected chi connectivity index (χ2v) is 4.61. The Bertz CT molecular complexity index is 714. The van der Waals surface area contributed by atoms with Crippen LogP contribution < -0.4 is 17.0 Å². The van der Waals surface area contributed by atoms with Gasteiger partial charge in [-0.05, 0) is 5.92 Å². The van der Waals surface area contributed by atoms with Crippen molar-refractivity contribution in [2.24, 2.45) is 13.0 Å². The quantitative estimate of drug-likeness (QED) is 0.790. The van der Waals surface area contributed by atoms with Crippen molar-refractivity contribution < 1.29 is 0 Å². The molecule has 0 fully saturated rings. The molecule has 0 aromatic carbocycles. The third kappa shape index (κ3) is 1.77. The summed E-state index contributed by atoms with van der Waals surface area (Å²) >= 11 is 0. The van der Waals surface area contributed by atoms with Gasteiger partial charge in [-0.2, -0.15) is 0 Å². The molecule has 2 rings (SSSR count). The summed E-state index contributed by atoms with van der Waals surface area (Å²) in [5.74, 6) is 0.345. The Kier molecular flexibility index (Phi) is 2.90. The lowest BCUT2D eigenvalue weighted by Gasteiger charge is -2.13. The predicted molar refractivity (Wildman–Crippen MR) is 68.3 cm³/mol. The molecule has 0 aliphatic carbocycles. The van der Waals surface area contributed by atoms with Gasteiger partial charge in [0.05, 0.1) is 0 Å². The lowest BCUT2D eigenvalue weighted by Crippen LogP contribution is -2.39. The highest BCUT2D eigenvalue weighted by atomic mass is 16.2. The third-order valence-corrected chi connectivity index (χ3v) is 2.70. The number of anilines is 1. The van der Waals surface area contributed by atoms with Gasteiger partial charge in [-0.1, -0.05) is 13.8 Å². The highest BCUT2D eigenvalue weighted by Gasteiger charge is 2.15. The van der Waals surface area contributed by atoms with Gasteiger partial charge in [0.15, 0.2) is 5.65 Å². The van der Waals surface area contributed by atoms with Gasteiger partial charge < -0.3 is 5.73 Å². The van der Waals surface area contributed by atoms with Crippen LogP contribution in [-0.2, 0) is 13.6 Å². The first kappa shape index (κ1) is 12.3. The second-order valence-electron chi connectivity index (χ2n) is 4.61. The van der Waals surface area contributed by atoms with Gasteiger partial charge in [-0.25, -0.2) is 14.8 Å². The fourth-order valence-electron chi connectivity index (χ4n) is 1.86. The number of rotatable bonds is 2. The van der Waals surface area contributed by atoms with E-state index in [0.29, 0.717) is 12.2 Å². The fraction of sp³-hybridized carbons (Fsp3) is 0.455. The number of aromatic nitrogens is 4. The second kappa shape index (κ2) is 4.25. The normalized spacial score (nSPS) is 11.3. The molecular weight excluding hydrogens is 234 g/mol. The van der Waals surface area contributed by atoms with Crippen molar-refractivity contribution in [2.45, 2.75) is 20.4 Å². The van der Waals surface area contributed by atoms with Gasteiger partial charge >= 0.3 is 5.69 Å². The van der Waals surface area contributed by atoms with Gasteiger partial charge in [0, 0.05) is 13.6 Å². The molecule has 96 valence electrons. The summed E-state index contributed by atoms with van der Waals surface area (Å²) in [5, 5.41) is 0.195. The SMILES string of the molecule is CC(C)Cn1c(=O)n(C)c(=O)c2c(N)ncnc21. The maximum absolute atomic E-state index is 12.1. The molecule has 0 aliphatic rings. The first-order chi connectivity index (χ1) is 8.43.